The number of halogens is 9. The van der Waals surface area contributed by atoms with Crippen LogP contribution in [0.3, 0.4) is 0 Å². The highest BCUT2D eigenvalue weighted by molar-refractivity contribution is 6.36. The van der Waals surface area contributed by atoms with Crippen molar-refractivity contribution in [2.24, 2.45) is 0 Å². The first-order chi connectivity index (χ1) is 18.9. The molecular formula is C25H35ClF8O9. The Morgan fingerprint density at radius 1 is 0.744 bits per heavy atom. The van der Waals surface area contributed by atoms with Crippen molar-refractivity contribution >= 4 is 35.3 Å². The molecular weight excluding hydrogens is 632 g/mol. The number of ketones is 1. The van der Waals surface area contributed by atoms with Crippen molar-refractivity contribution in [1.82, 2.24) is 0 Å². The average molecular weight is 667 g/mol. The summed E-state index contributed by atoms with van der Waals surface area (Å²) in [6.07, 6.45) is -4.93. The van der Waals surface area contributed by atoms with Crippen molar-refractivity contribution in [3.63, 3.8) is 0 Å². The van der Waals surface area contributed by atoms with Gasteiger partial charge in [-0.05, 0) is 20.8 Å². The van der Waals surface area contributed by atoms with E-state index in [1.54, 1.807) is 0 Å². The van der Waals surface area contributed by atoms with Gasteiger partial charge < -0.3 is 23.7 Å². The lowest BCUT2D eigenvalue weighted by Gasteiger charge is -2.26. The molecule has 0 aromatic carbocycles. The van der Waals surface area contributed by atoms with E-state index in [2.05, 4.69) is 43.4 Å². The maximum Gasteiger partial charge on any atom is 0.443 e. The van der Waals surface area contributed by atoms with E-state index in [-0.39, 0.29) is 38.6 Å². The summed E-state index contributed by atoms with van der Waals surface area (Å²) < 4.78 is 108. The molecule has 18 heteroatoms. The van der Waals surface area contributed by atoms with Crippen LogP contribution < -0.4 is 0 Å². The topological polar surface area (TPSA) is 114 Å². The smallest absolute Gasteiger partial charge is 0.443 e. The highest BCUT2D eigenvalue weighted by Crippen LogP contribution is 2.38. The van der Waals surface area contributed by atoms with E-state index in [4.69, 9.17) is 11.6 Å². The zero-order valence-corrected chi connectivity index (χ0v) is 23.5. The van der Waals surface area contributed by atoms with Crippen LogP contribution in [0.5, 0.6) is 0 Å². The molecule has 43 heavy (non-hydrogen) atoms. The Bertz CT molecular complexity index is 921. The molecule has 1 unspecified atom stereocenters. The van der Waals surface area contributed by atoms with Gasteiger partial charge in [0.15, 0.2) is 0 Å². The van der Waals surface area contributed by atoms with Gasteiger partial charge in [-0.3, -0.25) is 9.50 Å². The van der Waals surface area contributed by atoms with Crippen LogP contribution in [0.4, 0.5) is 35.4 Å². The highest BCUT2D eigenvalue weighted by Gasteiger charge is 2.62. The van der Waals surface area contributed by atoms with E-state index < -0.39 is 65.7 Å². The van der Waals surface area contributed by atoms with Crippen LogP contribution in [0.2, 0.25) is 0 Å². The molecule has 0 amide bonds. The van der Waals surface area contributed by atoms with Crippen LogP contribution in [-0.4, -0.2) is 73.9 Å². The molecule has 0 N–H and O–H groups in total. The van der Waals surface area contributed by atoms with Crippen LogP contribution in [0.1, 0.15) is 34.6 Å². The van der Waals surface area contributed by atoms with Crippen LogP contribution in [0, 0.1) is 0 Å². The third-order valence-electron chi connectivity index (χ3n) is 3.47. The summed E-state index contributed by atoms with van der Waals surface area (Å²) in [5.74, 6) is -10.9. The summed E-state index contributed by atoms with van der Waals surface area (Å²) in [6, 6.07) is 0. The van der Waals surface area contributed by atoms with E-state index in [9.17, 15) is 49.9 Å². The average Bonchev–Trinajstić information content (AvgIpc) is 2.87. The van der Waals surface area contributed by atoms with E-state index in [0.717, 1.165) is 12.2 Å². The van der Waals surface area contributed by atoms with Gasteiger partial charge in [0.25, 0.3) is 5.76 Å². The molecule has 0 bridgehead atoms. The number of carbonyl (C=O) groups is 4. The van der Waals surface area contributed by atoms with Gasteiger partial charge in [0.05, 0.1) is 26.4 Å². The Morgan fingerprint density at radius 2 is 1.19 bits per heavy atom. The minimum absolute atomic E-state index is 0. The monoisotopic (exact) mass is 666 g/mol. The molecule has 0 aromatic heterocycles. The molecule has 0 aliphatic rings. The quantitative estimate of drug-likeness (QED) is 0.0293. The Kier molecular flexibility index (Phi) is 28.7. The lowest BCUT2D eigenvalue weighted by molar-refractivity contribution is -0.244. The van der Waals surface area contributed by atoms with Gasteiger partial charge in [0.1, 0.15) is 6.61 Å². The summed E-state index contributed by atoms with van der Waals surface area (Å²) in [7, 11) is 0. The number of hydrogen-bond acceptors (Lipinski definition) is 9. The van der Waals surface area contributed by atoms with Crippen molar-refractivity contribution in [3.8, 4) is 0 Å². The van der Waals surface area contributed by atoms with Crippen LogP contribution >= 0.6 is 11.6 Å². The van der Waals surface area contributed by atoms with Gasteiger partial charge in [-0.1, -0.05) is 43.8 Å². The fourth-order valence-corrected chi connectivity index (χ4v) is 1.92. The minimum atomic E-state index is -5.05. The van der Waals surface area contributed by atoms with Crippen molar-refractivity contribution in [2.75, 3.05) is 33.0 Å². The molecule has 0 rings (SSSR count). The molecule has 252 valence electrons. The number of alkyl halides is 6. The molecule has 1 atom stereocenters. The third-order valence-corrected chi connectivity index (χ3v) is 3.95. The third kappa shape index (κ3) is 19.4. The van der Waals surface area contributed by atoms with Gasteiger partial charge in [0.2, 0.25) is 0 Å². The molecule has 0 saturated heterocycles. The van der Waals surface area contributed by atoms with Crippen molar-refractivity contribution in [1.29, 1.82) is 0 Å². The lowest BCUT2D eigenvalue weighted by Crippen LogP contribution is -2.50. The molecule has 9 nitrogen and oxygen atoms in total. The number of rotatable bonds is 15. The van der Waals surface area contributed by atoms with Crippen molar-refractivity contribution < 1.29 is 78.3 Å². The van der Waals surface area contributed by atoms with Gasteiger partial charge in [-0.2, -0.15) is 30.7 Å². The van der Waals surface area contributed by atoms with Gasteiger partial charge in [0, 0.05) is 6.42 Å². The minimum Gasteiger partial charge on any atom is -0.479 e. The molecule has 0 aliphatic carbocycles. The molecule has 0 heterocycles. The molecule has 0 spiro atoms. The Hall–Kier alpha value is -3.47. The maximum atomic E-state index is 12.7. The number of ether oxygens (including phenoxy) is 5. The molecule has 0 saturated carbocycles. The predicted molar refractivity (Wildman–Crippen MR) is 140 cm³/mol. The van der Waals surface area contributed by atoms with Crippen LogP contribution in [0.25, 0.3) is 0 Å². The number of esters is 3. The second kappa shape index (κ2) is 25.1. The largest absolute Gasteiger partial charge is 0.479 e. The molecule has 0 aromatic rings. The van der Waals surface area contributed by atoms with Crippen molar-refractivity contribution in [3.05, 3.63) is 49.8 Å². The standard InChI is InChI=1S/C8H10ClF3O3.2C8H10F2O3.CH4.FH/c1-3-5-15-7(9,8(10,11)12)6(13)14-4-2;1-3-5-13-6(7(9)10)8(11)12-4-2;1-3-5-8(9,10)6(11)7(12)13-4-2;;/h3H,1,4-5H2,2H3;2*3H,1,4-5H2,2H3;1H4;1H. The van der Waals surface area contributed by atoms with Gasteiger partial charge >= 0.3 is 46.9 Å². The number of carbonyl (C=O) groups excluding carboxylic acids is 4. The van der Waals surface area contributed by atoms with Crippen molar-refractivity contribution in [2.45, 2.75) is 51.8 Å². The highest BCUT2D eigenvalue weighted by atomic mass is 35.5. The fourth-order valence-electron chi connectivity index (χ4n) is 1.80. The Labute approximate surface area is 248 Å². The number of allylic oxidation sites excluding steroid dienone is 1. The first-order valence-corrected chi connectivity index (χ1v) is 11.6. The Morgan fingerprint density at radius 3 is 1.53 bits per heavy atom. The predicted octanol–water partition coefficient (Wildman–Crippen LogP) is 6.23. The van der Waals surface area contributed by atoms with Crippen LogP contribution in [-0.2, 0) is 42.9 Å². The SMILES string of the molecule is C.C=CCC(F)(F)C(=O)C(=O)OCC.C=CCOC(C(=O)OCC)=C(F)F.C=CCOC(Cl)(C(=O)OCC)C(F)(F)F.F. The first kappa shape index (κ1) is 49.2. The van der Waals surface area contributed by atoms with Gasteiger partial charge in [-0.25, -0.2) is 14.4 Å². The van der Waals surface area contributed by atoms with E-state index in [1.165, 1.54) is 26.8 Å². The summed E-state index contributed by atoms with van der Waals surface area (Å²) in [5, 5.41) is -3.46. The summed E-state index contributed by atoms with van der Waals surface area (Å²) >= 11 is 5.05. The zero-order valence-electron chi connectivity index (χ0n) is 22.7. The normalized spacial score (nSPS) is 11.3. The second-order valence-corrected chi connectivity index (χ2v) is 7.10. The van der Waals surface area contributed by atoms with E-state index in [1.807, 2.05) is 0 Å². The molecule has 0 aliphatic heterocycles. The number of hydrogen-bond donors (Lipinski definition) is 0. The van der Waals surface area contributed by atoms with Gasteiger partial charge in [-0.15, -0.1) is 13.2 Å². The second-order valence-electron chi connectivity index (χ2n) is 6.57. The van der Waals surface area contributed by atoms with E-state index in [0.29, 0.717) is 0 Å². The fraction of sp³-hybridized carbons (Fsp3) is 0.520. The lowest BCUT2D eigenvalue weighted by atomic mass is 10.1. The maximum absolute atomic E-state index is 12.7. The number of Topliss-reactive ketones (excluding diaryl/α,β-unsaturated/α-hetero) is 1. The first-order valence-electron chi connectivity index (χ1n) is 11.2. The summed E-state index contributed by atoms with van der Waals surface area (Å²) in [4.78, 5) is 43.0. The van der Waals surface area contributed by atoms with E-state index >= 15 is 0 Å². The summed E-state index contributed by atoms with van der Waals surface area (Å²) in [5.41, 5.74) is 0. The molecule has 0 fully saturated rings. The Balaban J connectivity index is -0.000000165. The molecule has 0 radical (unpaired) electrons. The zero-order chi connectivity index (χ0) is 32.9. The van der Waals surface area contributed by atoms with Crippen LogP contribution in [0.15, 0.2) is 49.8 Å². The summed E-state index contributed by atoms with van der Waals surface area (Å²) in [6.45, 7) is 12.8.